The van der Waals surface area contributed by atoms with Crippen LogP contribution in [0, 0.1) is 11.3 Å². The fourth-order valence-corrected chi connectivity index (χ4v) is 3.14. The van der Waals surface area contributed by atoms with Gasteiger partial charge in [0.05, 0.1) is 20.4 Å². The number of nitrogen functional groups attached to an aromatic ring is 1. The van der Waals surface area contributed by atoms with Gasteiger partial charge in [0.25, 0.3) is 0 Å². The summed E-state index contributed by atoms with van der Waals surface area (Å²) < 4.78 is 11.4. The average molecular weight is 381 g/mol. The number of benzene rings is 1. The van der Waals surface area contributed by atoms with Crippen LogP contribution < -0.4 is 15.2 Å². The summed E-state index contributed by atoms with van der Waals surface area (Å²) >= 11 is 4.92. The van der Waals surface area contributed by atoms with Gasteiger partial charge in [-0.1, -0.05) is 27.7 Å². The Balaban J connectivity index is 2.18. The molecule has 1 heterocycles. The molecule has 0 unspecified atom stereocenters. The van der Waals surface area contributed by atoms with Gasteiger partial charge in [-0.15, -0.1) is 0 Å². The molecule has 0 saturated carbocycles. The maximum Gasteiger partial charge on any atom is 0.189 e. The van der Waals surface area contributed by atoms with Gasteiger partial charge in [0.15, 0.2) is 16.7 Å². The smallest absolute Gasteiger partial charge is 0.189 e. The number of anilines is 1. The van der Waals surface area contributed by atoms with Crippen molar-refractivity contribution in [1.29, 1.82) is 5.26 Å². The molecule has 6 nitrogen and oxygen atoms in total. The van der Waals surface area contributed by atoms with Crippen LogP contribution in [0.2, 0.25) is 0 Å². The molecule has 114 valence electrons. The number of nitriles is 1. The van der Waals surface area contributed by atoms with Gasteiger partial charge in [0, 0.05) is 10.2 Å². The molecule has 0 spiro atoms. The van der Waals surface area contributed by atoms with E-state index in [-0.39, 0.29) is 11.4 Å². The lowest BCUT2D eigenvalue weighted by molar-refractivity contribution is 0.354. The molecule has 22 heavy (non-hydrogen) atoms. The van der Waals surface area contributed by atoms with Gasteiger partial charge in [0.1, 0.15) is 17.5 Å². The first-order chi connectivity index (χ1) is 10.6. The van der Waals surface area contributed by atoms with Gasteiger partial charge < -0.3 is 15.2 Å². The molecule has 0 aliphatic carbocycles. The number of aromatic nitrogens is 2. The predicted molar refractivity (Wildman–Crippen MR) is 88.0 cm³/mol. The number of hydrogen-bond donors (Lipinski definition) is 1. The molecular formula is C14H13BrN4O2S. The minimum atomic E-state index is 0.186. The molecule has 0 fully saturated rings. The third-order valence-electron chi connectivity index (χ3n) is 2.83. The highest BCUT2D eigenvalue weighted by atomic mass is 79.9. The fourth-order valence-electron chi connectivity index (χ4n) is 1.68. The number of nitrogens with two attached hydrogens (primary N) is 1. The lowest BCUT2D eigenvalue weighted by Crippen LogP contribution is -1.98. The fraction of sp³-hybridized carbons (Fsp3) is 0.214. The number of ether oxygens (including phenoxy) is 2. The van der Waals surface area contributed by atoms with Crippen molar-refractivity contribution in [2.24, 2.45) is 0 Å². The Bertz CT molecular complexity index is 734. The van der Waals surface area contributed by atoms with Crippen LogP contribution in [-0.2, 0) is 5.75 Å². The number of rotatable bonds is 5. The van der Waals surface area contributed by atoms with E-state index in [0.29, 0.717) is 22.4 Å². The van der Waals surface area contributed by atoms with Crippen molar-refractivity contribution in [3.8, 4) is 17.6 Å². The molecule has 0 atom stereocenters. The van der Waals surface area contributed by atoms with Gasteiger partial charge in [-0.3, -0.25) is 0 Å². The summed E-state index contributed by atoms with van der Waals surface area (Å²) in [6.45, 7) is 0. The van der Waals surface area contributed by atoms with Crippen LogP contribution in [0.4, 0.5) is 5.82 Å². The van der Waals surface area contributed by atoms with Crippen LogP contribution in [0.15, 0.2) is 28.0 Å². The van der Waals surface area contributed by atoms with Crippen LogP contribution in [0.1, 0.15) is 11.1 Å². The Labute approximate surface area is 140 Å². The molecule has 8 heteroatoms. The van der Waals surface area contributed by atoms with Crippen molar-refractivity contribution >= 4 is 33.5 Å². The number of thioether (sulfide) groups is 1. The molecule has 0 aliphatic heterocycles. The van der Waals surface area contributed by atoms with Gasteiger partial charge in [-0.25, -0.2) is 9.97 Å². The standard InChI is InChI=1S/C14H13BrN4O2S/c1-20-11-3-8(10(15)4-12(11)21-2)7-22-14-18-6-9(5-16)13(17)19-14/h3-4,6H,7H2,1-2H3,(H2,17,18,19). The van der Waals surface area contributed by atoms with Crippen molar-refractivity contribution in [1.82, 2.24) is 9.97 Å². The SMILES string of the molecule is COc1cc(Br)c(CSc2ncc(C#N)c(N)n2)cc1OC. The van der Waals surface area contributed by atoms with E-state index in [4.69, 9.17) is 20.5 Å². The first-order valence-electron chi connectivity index (χ1n) is 6.14. The van der Waals surface area contributed by atoms with E-state index in [1.54, 1.807) is 14.2 Å². The number of nitrogens with zero attached hydrogens (tertiary/aromatic N) is 3. The van der Waals surface area contributed by atoms with Gasteiger partial charge in [-0.05, 0) is 17.7 Å². The zero-order valence-electron chi connectivity index (χ0n) is 12.0. The summed E-state index contributed by atoms with van der Waals surface area (Å²) in [5.41, 5.74) is 6.96. The Kier molecular flexibility index (Phi) is 5.46. The summed E-state index contributed by atoms with van der Waals surface area (Å²) in [5, 5.41) is 9.32. The van der Waals surface area contributed by atoms with E-state index < -0.39 is 0 Å². The molecule has 0 amide bonds. The average Bonchev–Trinajstić information content (AvgIpc) is 2.53. The largest absolute Gasteiger partial charge is 0.493 e. The molecular weight excluding hydrogens is 368 g/mol. The Morgan fingerprint density at radius 2 is 2.00 bits per heavy atom. The normalized spacial score (nSPS) is 10.1. The third kappa shape index (κ3) is 3.61. The summed E-state index contributed by atoms with van der Waals surface area (Å²) in [6.07, 6.45) is 1.42. The van der Waals surface area contributed by atoms with Crippen LogP contribution in [0.5, 0.6) is 11.5 Å². The van der Waals surface area contributed by atoms with Crippen LogP contribution in [-0.4, -0.2) is 24.2 Å². The van der Waals surface area contributed by atoms with E-state index >= 15 is 0 Å². The van der Waals surface area contributed by atoms with Crippen molar-refractivity contribution in [2.75, 3.05) is 20.0 Å². The summed E-state index contributed by atoms with van der Waals surface area (Å²) in [6, 6.07) is 5.68. The first kappa shape index (κ1) is 16.4. The molecule has 0 radical (unpaired) electrons. The van der Waals surface area contributed by atoms with Gasteiger partial charge in [-0.2, -0.15) is 5.26 Å². The lowest BCUT2D eigenvalue weighted by atomic mass is 10.2. The lowest BCUT2D eigenvalue weighted by Gasteiger charge is -2.11. The second-order valence-electron chi connectivity index (χ2n) is 4.15. The van der Waals surface area contributed by atoms with Crippen molar-refractivity contribution in [2.45, 2.75) is 10.9 Å². The molecule has 0 aliphatic rings. The van der Waals surface area contributed by atoms with Crippen LogP contribution >= 0.6 is 27.7 Å². The zero-order valence-corrected chi connectivity index (χ0v) is 14.4. The highest BCUT2D eigenvalue weighted by Gasteiger charge is 2.11. The summed E-state index contributed by atoms with van der Waals surface area (Å²) in [5.74, 6) is 2.11. The first-order valence-corrected chi connectivity index (χ1v) is 7.92. The number of halogens is 1. The molecule has 0 bridgehead atoms. The zero-order chi connectivity index (χ0) is 16.1. The summed E-state index contributed by atoms with van der Waals surface area (Å²) in [4.78, 5) is 8.21. The molecule has 1 aromatic carbocycles. The Morgan fingerprint density at radius 3 is 2.59 bits per heavy atom. The van der Waals surface area contributed by atoms with E-state index in [9.17, 15) is 0 Å². The van der Waals surface area contributed by atoms with Crippen LogP contribution in [0.3, 0.4) is 0 Å². The predicted octanol–water partition coefficient (Wildman–Crippen LogP) is 3.00. The Hall–Kier alpha value is -1.98. The van der Waals surface area contributed by atoms with E-state index in [1.165, 1.54) is 18.0 Å². The number of hydrogen-bond acceptors (Lipinski definition) is 7. The van der Waals surface area contributed by atoms with Crippen molar-refractivity contribution in [3.63, 3.8) is 0 Å². The van der Waals surface area contributed by atoms with Gasteiger partial charge >= 0.3 is 0 Å². The third-order valence-corrected chi connectivity index (χ3v) is 4.47. The summed E-state index contributed by atoms with van der Waals surface area (Å²) in [7, 11) is 3.18. The highest BCUT2D eigenvalue weighted by molar-refractivity contribution is 9.10. The van der Waals surface area contributed by atoms with E-state index in [1.807, 2.05) is 18.2 Å². The Morgan fingerprint density at radius 1 is 1.32 bits per heavy atom. The quantitative estimate of drug-likeness (QED) is 0.629. The van der Waals surface area contributed by atoms with Crippen molar-refractivity contribution in [3.05, 3.63) is 33.9 Å². The minimum absolute atomic E-state index is 0.186. The number of methoxy groups -OCH3 is 2. The van der Waals surface area contributed by atoms with Crippen molar-refractivity contribution < 1.29 is 9.47 Å². The minimum Gasteiger partial charge on any atom is -0.493 e. The molecule has 2 rings (SSSR count). The van der Waals surface area contributed by atoms with Crippen LogP contribution in [0.25, 0.3) is 0 Å². The monoisotopic (exact) mass is 380 g/mol. The van der Waals surface area contributed by atoms with E-state index in [0.717, 1.165) is 10.0 Å². The molecule has 0 saturated heterocycles. The molecule has 2 aromatic rings. The highest BCUT2D eigenvalue weighted by Crippen LogP contribution is 2.35. The molecule has 1 aromatic heterocycles. The van der Waals surface area contributed by atoms with Gasteiger partial charge in [0.2, 0.25) is 0 Å². The molecule has 2 N–H and O–H groups in total. The maximum absolute atomic E-state index is 8.81. The second kappa shape index (κ2) is 7.33. The topological polar surface area (TPSA) is 94.0 Å². The second-order valence-corrected chi connectivity index (χ2v) is 5.95. The maximum atomic E-state index is 8.81. The van der Waals surface area contributed by atoms with E-state index in [2.05, 4.69) is 25.9 Å².